The van der Waals surface area contributed by atoms with Crippen molar-refractivity contribution in [3.8, 4) is 0 Å². The van der Waals surface area contributed by atoms with Crippen molar-refractivity contribution in [3.05, 3.63) is 12.0 Å². The van der Waals surface area contributed by atoms with E-state index in [1.165, 1.54) is 6.26 Å². The molecule has 7 nitrogen and oxygen atoms in total. The van der Waals surface area contributed by atoms with Crippen LogP contribution in [0.5, 0.6) is 0 Å². The molecule has 0 spiro atoms. The van der Waals surface area contributed by atoms with E-state index in [1.54, 1.807) is 18.7 Å². The summed E-state index contributed by atoms with van der Waals surface area (Å²) in [6, 6.07) is 0.330. The third-order valence-electron chi connectivity index (χ3n) is 3.25. The largest absolute Gasteiger partial charge is 0.481 e. The molecule has 0 amide bonds. The number of nitrogens with zero attached hydrogens (tertiary/aromatic N) is 2. The number of carbonyl (C=O) groups is 2. The number of ether oxygens (including phenoxy) is 1. The Bertz CT molecular complexity index is 478. The van der Waals surface area contributed by atoms with Gasteiger partial charge < -0.3 is 19.2 Å². The molecule has 1 aliphatic rings. The van der Waals surface area contributed by atoms with Crippen LogP contribution in [-0.2, 0) is 9.53 Å². The third kappa shape index (κ3) is 2.69. The molecule has 1 fully saturated rings. The van der Waals surface area contributed by atoms with E-state index in [0.29, 0.717) is 19.1 Å². The molecule has 19 heavy (non-hydrogen) atoms. The van der Waals surface area contributed by atoms with E-state index >= 15 is 0 Å². The van der Waals surface area contributed by atoms with Gasteiger partial charge in [0.2, 0.25) is 0 Å². The number of esters is 1. The fraction of sp³-hybridized carbons (Fsp3) is 0.583. The van der Waals surface area contributed by atoms with Crippen molar-refractivity contribution < 1.29 is 23.8 Å². The first kappa shape index (κ1) is 13.4. The Labute approximate surface area is 110 Å². The average molecular weight is 268 g/mol. The predicted molar refractivity (Wildman–Crippen MR) is 65.0 cm³/mol. The van der Waals surface area contributed by atoms with Gasteiger partial charge in [0.05, 0.1) is 12.5 Å². The van der Waals surface area contributed by atoms with Crippen LogP contribution < -0.4 is 4.90 Å². The molecule has 0 aliphatic carbocycles. The first-order chi connectivity index (χ1) is 9.02. The Morgan fingerprint density at radius 2 is 2.32 bits per heavy atom. The van der Waals surface area contributed by atoms with Crippen molar-refractivity contribution in [3.63, 3.8) is 0 Å². The Kier molecular flexibility index (Phi) is 3.73. The number of anilines is 1. The molecule has 0 radical (unpaired) electrons. The summed E-state index contributed by atoms with van der Waals surface area (Å²) in [4.78, 5) is 28.1. The molecular weight excluding hydrogens is 252 g/mol. The van der Waals surface area contributed by atoms with Crippen LogP contribution in [0.1, 0.15) is 24.3 Å². The average Bonchev–Trinajstić information content (AvgIpc) is 2.76. The summed E-state index contributed by atoms with van der Waals surface area (Å²) < 4.78 is 10.00. The smallest absolute Gasteiger partial charge is 0.360 e. The Balaban J connectivity index is 1.92. The number of aliphatic carboxylic acids is 1. The Hall–Kier alpha value is -2.05. The van der Waals surface area contributed by atoms with Gasteiger partial charge in [-0.1, -0.05) is 6.92 Å². The molecule has 1 aromatic rings. The van der Waals surface area contributed by atoms with Crippen molar-refractivity contribution in [1.29, 1.82) is 0 Å². The highest BCUT2D eigenvalue weighted by molar-refractivity contribution is 5.87. The molecule has 2 rings (SSSR count). The Morgan fingerprint density at radius 1 is 1.63 bits per heavy atom. The summed E-state index contributed by atoms with van der Waals surface area (Å²) in [6.07, 6.45) is 1.25. The summed E-state index contributed by atoms with van der Waals surface area (Å²) in [5.74, 6) is -1.64. The van der Waals surface area contributed by atoms with Gasteiger partial charge in [0.15, 0.2) is 5.69 Å². The SMILES string of the molecule is CCOC(=O)c1coc(N2CC(C(C)C(=O)O)C2)n1. The molecule has 1 aromatic heterocycles. The lowest BCUT2D eigenvalue weighted by Crippen LogP contribution is -2.51. The number of hydrogen-bond acceptors (Lipinski definition) is 6. The fourth-order valence-electron chi connectivity index (χ4n) is 1.90. The van der Waals surface area contributed by atoms with Crippen LogP contribution in [0.4, 0.5) is 6.01 Å². The predicted octanol–water partition coefficient (Wildman–Crippen LogP) is 1.01. The quantitative estimate of drug-likeness (QED) is 0.796. The van der Waals surface area contributed by atoms with Gasteiger partial charge >= 0.3 is 11.9 Å². The van der Waals surface area contributed by atoms with Crippen LogP contribution >= 0.6 is 0 Å². The highest BCUT2D eigenvalue weighted by Crippen LogP contribution is 2.28. The van der Waals surface area contributed by atoms with E-state index in [4.69, 9.17) is 14.3 Å². The van der Waals surface area contributed by atoms with Crippen LogP contribution in [0.25, 0.3) is 0 Å². The van der Waals surface area contributed by atoms with Gasteiger partial charge in [-0.25, -0.2) is 4.79 Å². The van der Waals surface area contributed by atoms with Gasteiger partial charge in [0, 0.05) is 19.0 Å². The summed E-state index contributed by atoms with van der Waals surface area (Å²) >= 11 is 0. The molecule has 2 heterocycles. The van der Waals surface area contributed by atoms with Gasteiger partial charge in [0.1, 0.15) is 6.26 Å². The zero-order valence-corrected chi connectivity index (χ0v) is 10.8. The lowest BCUT2D eigenvalue weighted by Gasteiger charge is -2.40. The minimum Gasteiger partial charge on any atom is -0.481 e. The second-order valence-electron chi connectivity index (χ2n) is 4.53. The van der Waals surface area contributed by atoms with Crippen molar-refractivity contribution in [2.75, 3.05) is 24.6 Å². The van der Waals surface area contributed by atoms with Crippen LogP contribution in [0.2, 0.25) is 0 Å². The Morgan fingerprint density at radius 3 is 2.89 bits per heavy atom. The molecule has 1 unspecified atom stereocenters. The van der Waals surface area contributed by atoms with Crippen molar-refractivity contribution in [1.82, 2.24) is 4.98 Å². The topological polar surface area (TPSA) is 92.9 Å². The molecule has 0 bridgehead atoms. The van der Waals surface area contributed by atoms with E-state index in [2.05, 4.69) is 4.98 Å². The number of rotatable bonds is 5. The zero-order chi connectivity index (χ0) is 14.0. The second kappa shape index (κ2) is 5.29. The number of carboxylic acids is 1. The van der Waals surface area contributed by atoms with Crippen LogP contribution in [0, 0.1) is 11.8 Å². The highest BCUT2D eigenvalue weighted by atomic mass is 16.5. The highest BCUT2D eigenvalue weighted by Gasteiger charge is 2.37. The first-order valence-corrected chi connectivity index (χ1v) is 6.13. The summed E-state index contributed by atoms with van der Waals surface area (Å²) in [5.41, 5.74) is 0.131. The minimum absolute atomic E-state index is 0.0791. The number of carboxylic acid groups (broad SMARTS) is 1. The monoisotopic (exact) mass is 268 g/mol. The van der Waals surface area contributed by atoms with E-state index in [1.807, 2.05) is 0 Å². The van der Waals surface area contributed by atoms with E-state index in [0.717, 1.165) is 0 Å². The summed E-state index contributed by atoms with van der Waals surface area (Å²) in [5, 5.41) is 8.89. The molecule has 1 atom stereocenters. The van der Waals surface area contributed by atoms with Gasteiger partial charge in [-0.2, -0.15) is 4.98 Å². The molecule has 1 aliphatic heterocycles. The van der Waals surface area contributed by atoms with E-state index in [9.17, 15) is 9.59 Å². The maximum Gasteiger partial charge on any atom is 0.360 e. The van der Waals surface area contributed by atoms with Crippen molar-refractivity contribution in [2.24, 2.45) is 11.8 Å². The van der Waals surface area contributed by atoms with Crippen LogP contribution in [0.3, 0.4) is 0 Å². The third-order valence-corrected chi connectivity index (χ3v) is 3.25. The maximum atomic E-state index is 11.4. The van der Waals surface area contributed by atoms with Crippen molar-refractivity contribution >= 4 is 18.0 Å². The first-order valence-electron chi connectivity index (χ1n) is 6.13. The molecule has 0 saturated carbocycles. The standard InChI is InChI=1S/C12H16N2O5/c1-3-18-11(17)9-6-19-12(13-9)14-4-8(5-14)7(2)10(15)16/h6-8H,3-5H2,1-2H3,(H,15,16). The van der Waals surface area contributed by atoms with Crippen LogP contribution in [0.15, 0.2) is 10.7 Å². The van der Waals surface area contributed by atoms with Gasteiger partial charge in [-0.15, -0.1) is 0 Å². The normalized spacial score (nSPS) is 16.8. The zero-order valence-electron chi connectivity index (χ0n) is 10.8. The van der Waals surface area contributed by atoms with Crippen LogP contribution in [-0.4, -0.2) is 41.7 Å². The molecule has 104 valence electrons. The maximum absolute atomic E-state index is 11.4. The lowest BCUT2D eigenvalue weighted by atomic mass is 9.87. The van der Waals surface area contributed by atoms with Gasteiger partial charge in [-0.3, -0.25) is 4.79 Å². The number of carbonyl (C=O) groups excluding carboxylic acids is 1. The number of oxazole rings is 1. The van der Waals surface area contributed by atoms with E-state index in [-0.39, 0.29) is 18.2 Å². The lowest BCUT2D eigenvalue weighted by molar-refractivity contribution is -0.143. The molecule has 1 N–H and O–H groups in total. The fourth-order valence-corrected chi connectivity index (χ4v) is 1.90. The number of hydrogen-bond donors (Lipinski definition) is 1. The van der Waals surface area contributed by atoms with E-state index < -0.39 is 17.9 Å². The van der Waals surface area contributed by atoms with Gasteiger partial charge in [0.25, 0.3) is 6.01 Å². The summed E-state index contributed by atoms with van der Waals surface area (Å²) in [6.45, 7) is 4.81. The molecular formula is C12H16N2O5. The molecule has 0 aromatic carbocycles. The van der Waals surface area contributed by atoms with Crippen molar-refractivity contribution in [2.45, 2.75) is 13.8 Å². The number of aromatic nitrogens is 1. The minimum atomic E-state index is -0.802. The molecule has 7 heteroatoms. The van der Waals surface area contributed by atoms with Gasteiger partial charge in [-0.05, 0) is 6.92 Å². The molecule has 1 saturated heterocycles. The summed E-state index contributed by atoms with van der Waals surface area (Å²) in [7, 11) is 0. The second-order valence-corrected chi connectivity index (χ2v) is 4.53.